The standard InChI is InChI=1S/C25H22N4O3S/c1-28(20-22(26)29(25(32)27-23(20)30)14-15-7-3-2-4-8-15)24(31)19-13-17-12-11-16-9-5-6-10-18(16)21(17)33-19/h2-10,13H,11-12,14,26H2,1H3,(H,27,30,32). The molecule has 1 amide bonds. The Hall–Kier alpha value is -3.91. The van der Waals surface area contributed by atoms with E-state index in [4.69, 9.17) is 5.73 Å². The molecule has 2 aromatic carbocycles. The molecule has 0 bridgehead atoms. The van der Waals surface area contributed by atoms with Gasteiger partial charge in [0, 0.05) is 11.9 Å². The van der Waals surface area contributed by atoms with E-state index in [0.717, 1.165) is 34.4 Å². The number of carbonyl (C=O) groups excluding carboxylic acids is 1. The molecular weight excluding hydrogens is 436 g/mol. The predicted molar refractivity (Wildman–Crippen MR) is 131 cm³/mol. The minimum atomic E-state index is -0.690. The van der Waals surface area contributed by atoms with E-state index in [2.05, 4.69) is 17.1 Å². The van der Waals surface area contributed by atoms with E-state index in [0.29, 0.717) is 4.88 Å². The molecule has 2 heterocycles. The van der Waals surface area contributed by atoms with Crippen molar-refractivity contribution in [3.63, 3.8) is 0 Å². The molecule has 0 saturated carbocycles. The zero-order valence-electron chi connectivity index (χ0n) is 18.0. The molecule has 166 valence electrons. The number of aromatic amines is 1. The zero-order valence-corrected chi connectivity index (χ0v) is 18.8. The number of nitrogen functional groups attached to an aromatic ring is 1. The number of nitrogens with zero attached hydrogens (tertiary/aromatic N) is 2. The smallest absolute Gasteiger partial charge is 0.330 e. The summed E-state index contributed by atoms with van der Waals surface area (Å²) in [7, 11) is 1.51. The van der Waals surface area contributed by atoms with Crippen molar-refractivity contribution >= 4 is 28.7 Å². The Morgan fingerprint density at radius 3 is 2.55 bits per heavy atom. The Balaban J connectivity index is 1.52. The van der Waals surface area contributed by atoms with Gasteiger partial charge in [-0.3, -0.25) is 19.1 Å². The summed E-state index contributed by atoms with van der Waals surface area (Å²) in [4.78, 5) is 43.6. The van der Waals surface area contributed by atoms with E-state index in [1.165, 1.54) is 33.4 Å². The van der Waals surface area contributed by atoms with Crippen LogP contribution in [0.4, 0.5) is 11.5 Å². The maximum atomic E-state index is 13.4. The summed E-state index contributed by atoms with van der Waals surface area (Å²) in [5.41, 5.74) is 9.32. The summed E-state index contributed by atoms with van der Waals surface area (Å²) in [6.45, 7) is 0.182. The number of amides is 1. The van der Waals surface area contributed by atoms with Crippen molar-refractivity contribution in [2.24, 2.45) is 0 Å². The zero-order chi connectivity index (χ0) is 23.1. The van der Waals surface area contributed by atoms with E-state index in [1.807, 2.05) is 48.5 Å². The first-order chi connectivity index (χ1) is 15.9. The molecule has 8 heteroatoms. The molecule has 2 aromatic heterocycles. The third-order valence-electron chi connectivity index (χ3n) is 5.98. The second kappa shape index (κ2) is 8.22. The lowest BCUT2D eigenvalue weighted by Crippen LogP contribution is -2.39. The molecule has 7 nitrogen and oxygen atoms in total. The number of carbonyl (C=O) groups is 1. The first-order valence-corrected chi connectivity index (χ1v) is 11.4. The van der Waals surface area contributed by atoms with Gasteiger partial charge >= 0.3 is 5.69 Å². The molecule has 5 rings (SSSR count). The minimum Gasteiger partial charge on any atom is -0.383 e. The highest BCUT2D eigenvalue weighted by molar-refractivity contribution is 7.17. The normalized spacial score (nSPS) is 12.2. The molecule has 0 unspecified atom stereocenters. The van der Waals surface area contributed by atoms with Gasteiger partial charge in [0.05, 0.1) is 11.4 Å². The summed E-state index contributed by atoms with van der Waals surface area (Å²) < 4.78 is 1.27. The second-order valence-electron chi connectivity index (χ2n) is 8.05. The number of hydrogen-bond acceptors (Lipinski definition) is 5. The molecule has 33 heavy (non-hydrogen) atoms. The van der Waals surface area contributed by atoms with Crippen LogP contribution in [0.15, 0.2) is 70.3 Å². The fourth-order valence-corrected chi connectivity index (χ4v) is 5.51. The van der Waals surface area contributed by atoms with Crippen molar-refractivity contribution in [2.75, 3.05) is 17.7 Å². The molecule has 0 fully saturated rings. The topological polar surface area (TPSA) is 101 Å². The summed E-state index contributed by atoms with van der Waals surface area (Å²) in [5, 5.41) is 0. The Bertz CT molecular complexity index is 1480. The number of fused-ring (bicyclic) bond motifs is 3. The van der Waals surface area contributed by atoms with Gasteiger partial charge in [0.15, 0.2) is 5.69 Å². The predicted octanol–water partition coefficient (Wildman–Crippen LogP) is 3.27. The van der Waals surface area contributed by atoms with Crippen LogP contribution in [0.3, 0.4) is 0 Å². The summed E-state index contributed by atoms with van der Waals surface area (Å²) in [6.07, 6.45) is 1.80. The van der Waals surface area contributed by atoms with Gasteiger partial charge in [0.1, 0.15) is 5.82 Å². The van der Waals surface area contributed by atoms with E-state index in [9.17, 15) is 14.4 Å². The molecule has 0 radical (unpaired) electrons. The number of H-pyrrole nitrogens is 1. The Morgan fingerprint density at radius 2 is 1.76 bits per heavy atom. The van der Waals surface area contributed by atoms with Crippen LogP contribution in [0.25, 0.3) is 10.4 Å². The first kappa shape index (κ1) is 21.0. The number of rotatable bonds is 4. The maximum absolute atomic E-state index is 13.4. The number of nitrogens with one attached hydrogen (secondary N) is 1. The van der Waals surface area contributed by atoms with Crippen LogP contribution in [-0.4, -0.2) is 22.5 Å². The Labute approximate surface area is 193 Å². The number of nitrogens with two attached hydrogens (primary N) is 1. The fourth-order valence-electron chi connectivity index (χ4n) is 4.27. The summed E-state index contributed by atoms with van der Waals surface area (Å²) in [6, 6.07) is 19.4. The Morgan fingerprint density at radius 1 is 1.06 bits per heavy atom. The monoisotopic (exact) mass is 458 g/mol. The van der Waals surface area contributed by atoms with Crippen LogP contribution in [0.1, 0.15) is 26.4 Å². The van der Waals surface area contributed by atoms with Crippen LogP contribution in [0.2, 0.25) is 0 Å². The quantitative estimate of drug-likeness (QED) is 0.490. The largest absolute Gasteiger partial charge is 0.383 e. The first-order valence-electron chi connectivity index (χ1n) is 10.6. The molecule has 0 aliphatic heterocycles. The van der Waals surface area contributed by atoms with Crippen LogP contribution in [-0.2, 0) is 19.4 Å². The molecule has 4 aromatic rings. The van der Waals surface area contributed by atoms with Crippen LogP contribution >= 0.6 is 11.3 Å². The maximum Gasteiger partial charge on any atom is 0.330 e. The van der Waals surface area contributed by atoms with Gasteiger partial charge < -0.3 is 10.6 Å². The third kappa shape index (κ3) is 3.68. The number of benzene rings is 2. The molecule has 0 saturated heterocycles. The molecule has 1 aliphatic carbocycles. The van der Waals surface area contributed by atoms with Crippen molar-refractivity contribution < 1.29 is 4.79 Å². The van der Waals surface area contributed by atoms with Crippen molar-refractivity contribution in [1.82, 2.24) is 9.55 Å². The van der Waals surface area contributed by atoms with Crippen LogP contribution in [0, 0.1) is 0 Å². The number of anilines is 2. The van der Waals surface area contributed by atoms with Crippen molar-refractivity contribution in [2.45, 2.75) is 19.4 Å². The van der Waals surface area contributed by atoms with Gasteiger partial charge in [-0.15, -0.1) is 11.3 Å². The average molecular weight is 459 g/mol. The molecule has 3 N–H and O–H groups in total. The van der Waals surface area contributed by atoms with Gasteiger partial charge in [-0.05, 0) is 41.2 Å². The van der Waals surface area contributed by atoms with Crippen molar-refractivity contribution in [1.29, 1.82) is 0 Å². The lowest BCUT2D eigenvalue weighted by Gasteiger charge is -2.20. The number of hydrogen-bond donors (Lipinski definition) is 2. The van der Waals surface area contributed by atoms with Gasteiger partial charge in [-0.2, -0.15) is 0 Å². The van der Waals surface area contributed by atoms with Crippen LogP contribution in [0.5, 0.6) is 0 Å². The SMILES string of the molecule is CN(C(=O)c1cc2c(s1)-c1ccccc1CC2)c1c(N)n(Cc2ccccc2)c(=O)[nH]c1=O. The average Bonchev–Trinajstić information content (AvgIpc) is 3.27. The summed E-state index contributed by atoms with van der Waals surface area (Å²) >= 11 is 1.42. The highest BCUT2D eigenvalue weighted by atomic mass is 32.1. The Kier molecular flexibility index (Phi) is 5.22. The lowest BCUT2D eigenvalue weighted by atomic mass is 9.91. The van der Waals surface area contributed by atoms with Crippen LogP contribution < -0.4 is 21.9 Å². The van der Waals surface area contributed by atoms with Crippen molar-refractivity contribution in [3.8, 4) is 10.4 Å². The van der Waals surface area contributed by atoms with Gasteiger partial charge in [0.25, 0.3) is 11.5 Å². The van der Waals surface area contributed by atoms with Crippen molar-refractivity contribution in [3.05, 3.63) is 103 Å². The van der Waals surface area contributed by atoms with E-state index >= 15 is 0 Å². The van der Waals surface area contributed by atoms with E-state index in [-0.39, 0.29) is 24.0 Å². The van der Waals surface area contributed by atoms with Gasteiger partial charge in [-0.25, -0.2) is 4.79 Å². The molecule has 0 spiro atoms. The lowest BCUT2D eigenvalue weighted by molar-refractivity contribution is 0.0996. The third-order valence-corrected chi connectivity index (χ3v) is 7.18. The number of aromatic nitrogens is 2. The minimum absolute atomic E-state index is 0.0395. The molecular formula is C25H22N4O3S. The van der Waals surface area contributed by atoms with Gasteiger partial charge in [-0.1, -0.05) is 54.6 Å². The summed E-state index contributed by atoms with van der Waals surface area (Å²) in [5.74, 6) is -0.385. The number of aryl methyl sites for hydroxylation is 2. The van der Waals surface area contributed by atoms with E-state index in [1.54, 1.807) is 0 Å². The highest BCUT2D eigenvalue weighted by Crippen LogP contribution is 2.40. The molecule has 1 aliphatic rings. The fraction of sp³-hybridized carbons (Fsp3) is 0.160. The molecule has 0 atom stereocenters. The number of thiophene rings is 1. The van der Waals surface area contributed by atoms with E-state index < -0.39 is 11.2 Å². The second-order valence-corrected chi connectivity index (χ2v) is 9.10. The van der Waals surface area contributed by atoms with Gasteiger partial charge in [0.2, 0.25) is 0 Å². The highest BCUT2D eigenvalue weighted by Gasteiger charge is 2.26.